The van der Waals surface area contributed by atoms with Crippen molar-refractivity contribution in [3.05, 3.63) is 60.3 Å². The predicted molar refractivity (Wildman–Crippen MR) is 105 cm³/mol. The van der Waals surface area contributed by atoms with Crippen LogP contribution in [0, 0.1) is 6.92 Å². The molecule has 0 saturated heterocycles. The lowest BCUT2D eigenvalue weighted by atomic mass is 10.2. The summed E-state index contributed by atoms with van der Waals surface area (Å²) in [4.78, 5) is 12.3. The van der Waals surface area contributed by atoms with E-state index in [1.165, 1.54) is 7.11 Å². The van der Waals surface area contributed by atoms with Gasteiger partial charge in [-0.1, -0.05) is 6.07 Å². The maximum atomic E-state index is 12.3. The van der Waals surface area contributed by atoms with Gasteiger partial charge in [-0.15, -0.1) is 5.10 Å². The Kier molecular flexibility index (Phi) is 5.91. The number of benzene rings is 2. The molecule has 0 fully saturated rings. The van der Waals surface area contributed by atoms with Crippen molar-refractivity contribution in [3.8, 4) is 23.1 Å². The van der Waals surface area contributed by atoms with Crippen molar-refractivity contribution in [2.45, 2.75) is 6.92 Å². The number of urea groups is 1. The fourth-order valence-corrected chi connectivity index (χ4v) is 2.39. The van der Waals surface area contributed by atoms with Crippen LogP contribution < -0.4 is 24.8 Å². The number of hydrogen-bond acceptors (Lipinski definition) is 6. The monoisotopic (exact) mass is 380 g/mol. The van der Waals surface area contributed by atoms with Crippen LogP contribution in [0.1, 0.15) is 5.69 Å². The molecule has 8 heteroatoms. The molecule has 3 aromatic rings. The number of ether oxygens (including phenoxy) is 3. The number of carbonyl (C=O) groups excluding carboxylic acids is 1. The minimum atomic E-state index is -0.421. The van der Waals surface area contributed by atoms with E-state index < -0.39 is 6.03 Å². The van der Waals surface area contributed by atoms with Crippen LogP contribution in [0.25, 0.3) is 0 Å². The molecule has 2 aromatic carbocycles. The normalized spacial score (nSPS) is 10.1. The number of nitrogens with one attached hydrogen (secondary N) is 2. The van der Waals surface area contributed by atoms with Gasteiger partial charge in [-0.2, -0.15) is 5.10 Å². The first-order valence-electron chi connectivity index (χ1n) is 8.45. The first-order chi connectivity index (χ1) is 13.6. The number of rotatable bonds is 6. The molecule has 2 N–H and O–H groups in total. The molecule has 0 aliphatic rings. The summed E-state index contributed by atoms with van der Waals surface area (Å²) in [5.41, 5.74) is 1.87. The molecule has 0 radical (unpaired) electrons. The van der Waals surface area contributed by atoms with E-state index in [1.807, 2.05) is 6.92 Å². The highest BCUT2D eigenvalue weighted by molar-refractivity contribution is 6.00. The zero-order valence-electron chi connectivity index (χ0n) is 15.7. The van der Waals surface area contributed by atoms with E-state index >= 15 is 0 Å². The van der Waals surface area contributed by atoms with Crippen molar-refractivity contribution in [2.24, 2.45) is 0 Å². The minimum absolute atomic E-state index is 0.371. The van der Waals surface area contributed by atoms with Crippen LogP contribution in [0.4, 0.5) is 16.2 Å². The van der Waals surface area contributed by atoms with Crippen LogP contribution in [0.2, 0.25) is 0 Å². The van der Waals surface area contributed by atoms with Gasteiger partial charge in [0.25, 0.3) is 0 Å². The molecule has 0 aliphatic heterocycles. The summed E-state index contributed by atoms with van der Waals surface area (Å²) in [5, 5.41) is 13.4. The molecule has 1 aromatic heterocycles. The molecule has 3 rings (SSSR count). The van der Waals surface area contributed by atoms with Gasteiger partial charge < -0.3 is 24.8 Å². The maximum Gasteiger partial charge on any atom is 0.323 e. The molecule has 144 valence electrons. The van der Waals surface area contributed by atoms with Crippen LogP contribution >= 0.6 is 0 Å². The van der Waals surface area contributed by atoms with Crippen molar-refractivity contribution in [1.29, 1.82) is 0 Å². The summed E-state index contributed by atoms with van der Waals surface area (Å²) in [7, 11) is 3.08. The second-order valence-electron chi connectivity index (χ2n) is 5.79. The summed E-state index contributed by atoms with van der Waals surface area (Å²) < 4.78 is 16.1. The van der Waals surface area contributed by atoms with E-state index in [0.717, 1.165) is 5.69 Å². The fraction of sp³-hybridized carbons (Fsp3) is 0.150. The lowest BCUT2D eigenvalue weighted by molar-refractivity contribution is 0.262. The Bertz CT molecular complexity index is 961. The van der Waals surface area contributed by atoms with Gasteiger partial charge in [0.2, 0.25) is 5.88 Å². The summed E-state index contributed by atoms with van der Waals surface area (Å²) >= 11 is 0. The molecule has 28 heavy (non-hydrogen) atoms. The summed E-state index contributed by atoms with van der Waals surface area (Å²) in [6.07, 6.45) is 0. The smallest absolute Gasteiger partial charge is 0.323 e. The van der Waals surface area contributed by atoms with Crippen LogP contribution in [-0.2, 0) is 0 Å². The van der Waals surface area contributed by atoms with E-state index in [0.29, 0.717) is 34.5 Å². The zero-order valence-corrected chi connectivity index (χ0v) is 15.7. The average Bonchev–Trinajstić information content (AvgIpc) is 2.70. The lowest BCUT2D eigenvalue weighted by Crippen LogP contribution is -2.19. The zero-order chi connectivity index (χ0) is 19.9. The average molecular weight is 380 g/mol. The highest BCUT2D eigenvalue weighted by atomic mass is 16.5. The van der Waals surface area contributed by atoms with Crippen molar-refractivity contribution in [1.82, 2.24) is 10.2 Å². The molecule has 0 spiro atoms. The Hall–Kier alpha value is -3.81. The van der Waals surface area contributed by atoms with E-state index in [9.17, 15) is 4.79 Å². The number of hydrogen-bond donors (Lipinski definition) is 2. The first-order valence-corrected chi connectivity index (χ1v) is 8.45. The van der Waals surface area contributed by atoms with Gasteiger partial charge in [0, 0.05) is 23.9 Å². The van der Waals surface area contributed by atoms with Gasteiger partial charge in [-0.25, -0.2) is 4.79 Å². The third kappa shape index (κ3) is 4.88. The van der Waals surface area contributed by atoms with Gasteiger partial charge >= 0.3 is 6.03 Å². The van der Waals surface area contributed by atoms with E-state index in [2.05, 4.69) is 20.8 Å². The van der Waals surface area contributed by atoms with Crippen molar-refractivity contribution in [3.63, 3.8) is 0 Å². The Morgan fingerprint density at radius 3 is 2.46 bits per heavy atom. The van der Waals surface area contributed by atoms with Gasteiger partial charge in [-0.3, -0.25) is 0 Å². The van der Waals surface area contributed by atoms with Crippen LogP contribution in [0.15, 0.2) is 54.6 Å². The third-order valence-electron chi connectivity index (χ3n) is 3.74. The van der Waals surface area contributed by atoms with Crippen molar-refractivity contribution in [2.75, 3.05) is 24.9 Å². The molecule has 8 nitrogen and oxygen atoms in total. The number of amides is 2. The van der Waals surface area contributed by atoms with E-state index in [1.54, 1.807) is 61.7 Å². The number of anilines is 2. The summed E-state index contributed by atoms with van der Waals surface area (Å²) in [6, 6.07) is 15.2. The largest absolute Gasteiger partial charge is 0.497 e. The minimum Gasteiger partial charge on any atom is -0.497 e. The number of nitrogens with zero attached hydrogens (tertiary/aromatic N) is 2. The molecule has 0 bridgehead atoms. The fourth-order valence-electron chi connectivity index (χ4n) is 2.39. The van der Waals surface area contributed by atoms with Crippen LogP contribution in [-0.4, -0.2) is 30.4 Å². The Labute approximate surface area is 162 Å². The molecule has 0 saturated carbocycles. The predicted octanol–water partition coefficient (Wildman–Crippen LogP) is 4.24. The summed E-state index contributed by atoms with van der Waals surface area (Å²) in [5.74, 6) is 2.02. The molecule has 2 amide bonds. The van der Waals surface area contributed by atoms with Crippen LogP contribution in [0.5, 0.6) is 23.1 Å². The SMILES string of the molecule is COc1ccc(NC(=O)Nc2cccc(Oc3ccc(C)nn3)c2)c(OC)c1. The first kappa shape index (κ1) is 19.0. The quantitative estimate of drug-likeness (QED) is 0.664. The number of methoxy groups -OCH3 is 2. The highest BCUT2D eigenvalue weighted by Gasteiger charge is 2.10. The highest BCUT2D eigenvalue weighted by Crippen LogP contribution is 2.29. The topological polar surface area (TPSA) is 94.6 Å². The van der Waals surface area contributed by atoms with Gasteiger partial charge in [0.1, 0.15) is 17.2 Å². The second-order valence-corrected chi connectivity index (χ2v) is 5.79. The van der Waals surface area contributed by atoms with E-state index in [4.69, 9.17) is 14.2 Å². The number of aryl methyl sites for hydroxylation is 1. The standard InChI is InChI=1S/C20H20N4O4/c1-13-7-10-19(24-23-13)28-16-6-4-5-14(11-16)21-20(25)22-17-9-8-15(26-2)12-18(17)27-3/h4-12H,1-3H3,(H2,21,22,25). The third-order valence-corrected chi connectivity index (χ3v) is 3.74. The molecule has 0 atom stereocenters. The molecule has 1 heterocycles. The Morgan fingerprint density at radius 1 is 0.893 bits per heavy atom. The number of aromatic nitrogens is 2. The maximum absolute atomic E-state index is 12.3. The molecular weight excluding hydrogens is 360 g/mol. The van der Waals surface area contributed by atoms with Gasteiger partial charge in [-0.05, 0) is 37.3 Å². The van der Waals surface area contributed by atoms with Gasteiger partial charge in [0.05, 0.1) is 25.6 Å². The van der Waals surface area contributed by atoms with Crippen molar-refractivity contribution >= 4 is 17.4 Å². The second kappa shape index (κ2) is 8.72. The summed E-state index contributed by atoms with van der Waals surface area (Å²) in [6.45, 7) is 1.84. The Morgan fingerprint density at radius 2 is 1.75 bits per heavy atom. The number of carbonyl (C=O) groups is 1. The van der Waals surface area contributed by atoms with E-state index in [-0.39, 0.29) is 0 Å². The van der Waals surface area contributed by atoms with Crippen molar-refractivity contribution < 1.29 is 19.0 Å². The molecule has 0 aliphatic carbocycles. The Balaban J connectivity index is 1.66. The lowest BCUT2D eigenvalue weighted by Gasteiger charge is -2.13. The molecule has 0 unspecified atom stereocenters. The van der Waals surface area contributed by atoms with Gasteiger partial charge in [0.15, 0.2) is 0 Å². The molecular formula is C20H20N4O4. The van der Waals surface area contributed by atoms with Crippen LogP contribution in [0.3, 0.4) is 0 Å².